The van der Waals surface area contributed by atoms with Crippen LogP contribution in [0.5, 0.6) is 0 Å². The molecule has 0 spiro atoms. The van der Waals surface area contributed by atoms with Gasteiger partial charge in [0.15, 0.2) is 0 Å². The fourth-order valence-electron chi connectivity index (χ4n) is 12.6. The lowest BCUT2D eigenvalue weighted by Crippen LogP contribution is -2.67. The SMILES string of the molecule is C=CC.CC1C(c2ccc(C(=O)O)cc2)=CCC2(C)C1CCC1(C)C2CCC2C3CCCC3(NC(=O)N3CCCNCC3)CC[C@]21C. The van der Waals surface area contributed by atoms with Crippen LogP contribution in [0.3, 0.4) is 0 Å². The summed E-state index contributed by atoms with van der Waals surface area (Å²) in [6.45, 7) is 19.3. The summed E-state index contributed by atoms with van der Waals surface area (Å²) in [7, 11) is 0. The highest BCUT2D eigenvalue weighted by atomic mass is 16.4. The number of carboxylic acid groups (broad SMARTS) is 1. The van der Waals surface area contributed by atoms with Crippen molar-refractivity contribution in [2.75, 3.05) is 26.2 Å². The van der Waals surface area contributed by atoms with Crippen molar-refractivity contribution >= 4 is 17.6 Å². The monoisotopic (exact) mass is 643 g/mol. The van der Waals surface area contributed by atoms with Crippen LogP contribution in [0, 0.1) is 45.8 Å². The average molecular weight is 644 g/mol. The van der Waals surface area contributed by atoms with Gasteiger partial charge in [-0.3, -0.25) is 0 Å². The van der Waals surface area contributed by atoms with E-state index in [9.17, 15) is 14.7 Å². The van der Waals surface area contributed by atoms with Crippen molar-refractivity contribution in [1.82, 2.24) is 15.5 Å². The number of benzene rings is 1. The minimum absolute atomic E-state index is 0.0154. The van der Waals surface area contributed by atoms with Gasteiger partial charge in [-0.2, -0.15) is 0 Å². The fraction of sp³-hybridized carbons (Fsp3) is 0.707. The number of allylic oxidation sites excluding steroid dienone is 3. The predicted octanol–water partition coefficient (Wildman–Crippen LogP) is 8.79. The van der Waals surface area contributed by atoms with Crippen molar-refractivity contribution in [3.8, 4) is 0 Å². The lowest BCUT2D eigenvalue weighted by atomic mass is 9.34. The van der Waals surface area contributed by atoms with Crippen LogP contribution in [0.15, 0.2) is 43.0 Å². The number of urea groups is 1. The zero-order chi connectivity index (χ0) is 33.6. The molecule has 5 aliphatic carbocycles. The standard InChI is InChI=1S/C38H55N3O3.C3H6/c1-25-28(26-8-10-27(11-9-26)33(42)43)14-17-35(2)29(25)15-18-37(4)32(35)13-12-30-31-7-5-16-38(31,20-19-36(30,37)3)40-34(44)41-23-6-21-39-22-24-41;1-3-2/h8-11,14,25,29-32,39H,5-7,12-13,15-24H2,1-4H3,(H,40,44)(H,42,43);3H,1H2,2H3/t25?,29?,30?,31?,32?,35?,36-,37?,38?;/m1./s1. The number of carbonyl (C=O) groups is 2. The Morgan fingerprint density at radius 1 is 0.915 bits per heavy atom. The molecule has 9 atom stereocenters. The molecule has 2 amide bonds. The Kier molecular flexibility index (Phi) is 9.50. The van der Waals surface area contributed by atoms with Crippen LogP contribution in [0.25, 0.3) is 5.57 Å². The second-order valence-corrected chi connectivity index (χ2v) is 16.8. The number of rotatable bonds is 3. The Bertz CT molecular complexity index is 1360. The molecule has 1 heterocycles. The number of carbonyl (C=O) groups excluding carboxylic acids is 1. The van der Waals surface area contributed by atoms with Crippen molar-refractivity contribution in [2.45, 2.75) is 111 Å². The number of amides is 2. The van der Waals surface area contributed by atoms with E-state index in [1.807, 2.05) is 19.1 Å². The van der Waals surface area contributed by atoms with Gasteiger partial charge in [-0.05, 0) is 147 Å². The van der Waals surface area contributed by atoms with Crippen molar-refractivity contribution in [1.29, 1.82) is 0 Å². The molecule has 0 aromatic heterocycles. The summed E-state index contributed by atoms with van der Waals surface area (Å²) < 4.78 is 0. The Balaban J connectivity index is 0.00000124. The maximum absolute atomic E-state index is 13.6. The number of nitrogens with one attached hydrogen (secondary N) is 2. The molecule has 0 radical (unpaired) electrons. The highest BCUT2D eigenvalue weighted by Gasteiger charge is 2.68. The Hall–Kier alpha value is -2.60. The third-order valence-electron chi connectivity index (χ3n) is 15.0. The normalized spacial score (nSPS) is 40.9. The van der Waals surface area contributed by atoms with Crippen molar-refractivity contribution in [2.24, 2.45) is 45.8 Å². The van der Waals surface area contributed by atoms with Gasteiger partial charge < -0.3 is 20.6 Å². The number of hydrogen-bond donors (Lipinski definition) is 3. The smallest absolute Gasteiger partial charge is 0.335 e. The summed E-state index contributed by atoms with van der Waals surface area (Å²) >= 11 is 0. The first-order valence-corrected chi connectivity index (χ1v) is 18.8. The zero-order valence-corrected chi connectivity index (χ0v) is 29.9. The molecule has 7 rings (SSSR count). The molecule has 1 aliphatic heterocycles. The maximum atomic E-state index is 13.6. The first-order valence-electron chi connectivity index (χ1n) is 18.8. The summed E-state index contributed by atoms with van der Waals surface area (Å²) in [4.78, 5) is 27.2. The molecule has 6 heteroatoms. The minimum Gasteiger partial charge on any atom is -0.478 e. The topological polar surface area (TPSA) is 81.7 Å². The van der Waals surface area contributed by atoms with Gasteiger partial charge in [0.25, 0.3) is 0 Å². The van der Waals surface area contributed by atoms with Gasteiger partial charge in [0.2, 0.25) is 0 Å². The van der Waals surface area contributed by atoms with E-state index in [1.54, 1.807) is 18.2 Å². The number of nitrogens with zero attached hydrogens (tertiary/aromatic N) is 1. The quantitative estimate of drug-likeness (QED) is 0.288. The van der Waals surface area contributed by atoms with Gasteiger partial charge >= 0.3 is 12.0 Å². The van der Waals surface area contributed by atoms with Gasteiger partial charge in [-0.1, -0.05) is 58.4 Å². The highest BCUT2D eigenvalue weighted by Crippen LogP contribution is 2.75. The molecule has 3 N–H and O–H groups in total. The summed E-state index contributed by atoms with van der Waals surface area (Å²) in [5.41, 5.74) is 3.85. The molecular formula is C41H61N3O3. The van der Waals surface area contributed by atoms with Crippen molar-refractivity contribution < 1.29 is 14.7 Å². The lowest BCUT2D eigenvalue weighted by Gasteiger charge is -2.71. The van der Waals surface area contributed by atoms with E-state index in [2.05, 4.69) is 55.9 Å². The molecule has 1 saturated heterocycles. The second-order valence-electron chi connectivity index (χ2n) is 16.8. The molecule has 6 nitrogen and oxygen atoms in total. The van der Waals surface area contributed by atoms with E-state index in [0.717, 1.165) is 51.9 Å². The van der Waals surface area contributed by atoms with Gasteiger partial charge in [-0.15, -0.1) is 6.58 Å². The molecule has 8 unspecified atom stereocenters. The Labute approximate surface area is 284 Å². The van der Waals surface area contributed by atoms with Crippen LogP contribution >= 0.6 is 0 Å². The van der Waals surface area contributed by atoms with Crippen molar-refractivity contribution in [3.05, 3.63) is 54.1 Å². The molecule has 4 saturated carbocycles. The number of aromatic carboxylic acids is 1. The van der Waals surface area contributed by atoms with E-state index in [4.69, 9.17) is 0 Å². The summed E-state index contributed by atoms with van der Waals surface area (Å²) in [5, 5.41) is 16.6. The van der Waals surface area contributed by atoms with Crippen LogP contribution in [0.2, 0.25) is 0 Å². The molecule has 5 fully saturated rings. The summed E-state index contributed by atoms with van der Waals surface area (Å²) in [6.07, 6.45) is 17.7. The highest BCUT2D eigenvalue weighted by molar-refractivity contribution is 5.88. The third kappa shape index (κ3) is 5.59. The molecule has 1 aromatic carbocycles. The molecule has 6 aliphatic rings. The van der Waals surface area contributed by atoms with E-state index in [0.29, 0.717) is 46.0 Å². The number of hydrogen-bond acceptors (Lipinski definition) is 3. The van der Waals surface area contributed by atoms with Crippen molar-refractivity contribution in [3.63, 3.8) is 0 Å². The minimum atomic E-state index is -0.861. The Morgan fingerprint density at radius 3 is 2.38 bits per heavy atom. The fourth-order valence-corrected chi connectivity index (χ4v) is 12.6. The van der Waals surface area contributed by atoms with E-state index < -0.39 is 5.97 Å². The van der Waals surface area contributed by atoms with Gasteiger partial charge in [0.1, 0.15) is 0 Å². The van der Waals surface area contributed by atoms with Crippen LogP contribution in [0.4, 0.5) is 4.79 Å². The second kappa shape index (κ2) is 13.0. The number of fused-ring (bicyclic) bond motifs is 7. The largest absolute Gasteiger partial charge is 0.478 e. The van der Waals surface area contributed by atoms with Gasteiger partial charge in [-0.25, -0.2) is 9.59 Å². The Morgan fingerprint density at radius 2 is 1.66 bits per heavy atom. The maximum Gasteiger partial charge on any atom is 0.335 e. The van der Waals surface area contributed by atoms with Crippen LogP contribution in [-0.2, 0) is 0 Å². The summed E-state index contributed by atoms with van der Waals surface area (Å²) in [6, 6.07) is 7.75. The molecular weight excluding hydrogens is 582 g/mol. The van der Waals surface area contributed by atoms with E-state index in [-0.39, 0.29) is 17.0 Å². The summed E-state index contributed by atoms with van der Waals surface area (Å²) in [5.74, 6) is 2.25. The number of carboxylic acids is 1. The van der Waals surface area contributed by atoms with Crippen LogP contribution in [0.1, 0.15) is 121 Å². The molecule has 47 heavy (non-hydrogen) atoms. The van der Waals surface area contributed by atoms with E-state index >= 15 is 0 Å². The van der Waals surface area contributed by atoms with Crippen LogP contribution in [-0.4, -0.2) is 53.7 Å². The molecule has 0 bridgehead atoms. The van der Waals surface area contributed by atoms with Gasteiger partial charge in [0.05, 0.1) is 5.56 Å². The van der Waals surface area contributed by atoms with Crippen LogP contribution < -0.4 is 10.6 Å². The lowest BCUT2D eigenvalue weighted by molar-refractivity contribution is -0.210. The molecule has 258 valence electrons. The molecule has 1 aromatic rings. The first kappa shape index (κ1) is 34.3. The van der Waals surface area contributed by atoms with Gasteiger partial charge in [0, 0.05) is 25.2 Å². The average Bonchev–Trinajstić information content (AvgIpc) is 3.26. The van der Waals surface area contributed by atoms with E-state index in [1.165, 1.54) is 56.1 Å². The predicted molar refractivity (Wildman–Crippen MR) is 191 cm³/mol. The first-order chi connectivity index (χ1) is 22.4. The third-order valence-corrected chi connectivity index (χ3v) is 15.0. The zero-order valence-electron chi connectivity index (χ0n) is 29.9.